The van der Waals surface area contributed by atoms with Gasteiger partial charge in [0, 0.05) is 11.1 Å². The van der Waals surface area contributed by atoms with Crippen LogP contribution in [0.3, 0.4) is 0 Å². The summed E-state index contributed by atoms with van der Waals surface area (Å²) in [6, 6.07) is 7.61. The number of nitrogens with zero attached hydrogens (tertiary/aromatic N) is 1. The van der Waals surface area contributed by atoms with Gasteiger partial charge >= 0.3 is 0 Å². The summed E-state index contributed by atoms with van der Waals surface area (Å²) < 4.78 is 0. The van der Waals surface area contributed by atoms with Crippen LogP contribution in [0.2, 0.25) is 5.02 Å². The van der Waals surface area contributed by atoms with Crippen molar-refractivity contribution in [3.63, 3.8) is 0 Å². The van der Waals surface area contributed by atoms with E-state index in [1.54, 1.807) is 17.5 Å². The largest absolute Gasteiger partial charge is 0.270 e. The second kappa shape index (κ2) is 4.72. The lowest BCUT2D eigenvalue weighted by Gasteiger charge is -2.13. The summed E-state index contributed by atoms with van der Waals surface area (Å²) in [5, 5.41) is 2.64. The molecule has 1 atom stereocenters. The Morgan fingerprint density at radius 3 is 2.80 bits per heavy atom. The van der Waals surface area contributed by atoms with Gasteiger partial charge in [0.05, 0.1) is 16.8 Å². The minimum absolute atomic E-state index is 0.0673. The molecule has 0 bridgehead atoms. The van der Waals surface area contributed by atoms with Gasteiger partial charge in [0.25, 0.3) is 0 Å². The zero-order chi connectivity index (χ0) is 10.7. The predicted octanol–water partition coefficient (Wildman–Crippen LogP) is 2.35. The van der Waals surface area contributed by atoms with Gasteiger partial charge in [-0.15, -0.1) is 11.3 Å². The number of nitrogens with two attached hydrogens (primary N) is 1. The molecule has 5 heteroatoms. The number of thiophene rings is 1. The molecule has 3 N–H and O–H groups in total. The summed E-state index contributed by atoms with van der Waals surface area (Å²) in [5.74, 6) is 5.52. The van der Waals surface area contributed by atoms with Gasteiger partial charge in [0.15, 0.2) is 0 Å². The van der Waals surface area contributed by atoms with Crippen LogP contribution in [-0.2, 0) is 0 Å². The molecule has 78 valence electrons. The zero-order valence-corrected chi connectivity index (χ0v) is 9.42. The molecule has 0 fully saturated rings. The second-order valence-electron chi connectivity index (χ2n) is 3.02. The molecule has 2 aromatic rings. The van der Waals surface area contributed by atoms with Crippen LogP contribution in [0.5, 0.6) is 0 Å². The second-order valence-corrected chi connectivity index (χ2v) is 4.43. The van der Waals surface area contributed by atoms with Crippen molar-refractivity contribution >= 4 is 22.9 Å². The summed E-state index contributed by atoms with van der Waals surface area (Å²) in [6.45, 7) is 0. The van der Waals surface area contributed by atoms with Gasteiger partial charge in [-0.25, -0.2) is 5.43 Å². The van der Waals surface area contributed by atoms with Gasteiger partial charge in [0.2, 0.25) is 0 Å². The third-order valence-electron chi connectivity index (χ3n) is 2.04. The van der Waals surface area contributed by atoms with Gasteiger partial charge < -0.3 is 0 Å². The van der Waals surface area contributed by atoms with Gasteiger partial charge in [-0.3, -0.25) is 10.8 Å². The first-order chi connectivity index (χ1) is 7.31. The van der Waals surface area contributed by atoms with Crippen molar-refractivity contribution in [3.8, 4) is 0 Å². The molecule has 2 heterocycles. The Balaban J connectivity index is 2.31. The normalized spacial score (nSPS) is 12.7. The molecule has 1 unspecified atom stereocenters. The molecular formula is C10H10ClN3S. The molecule has 0 aliphatic rings. The summed E-state index contributed by atoms with van der Waals surface area (Å²) in [5.41, 5.74) is 3.61. The van der Waals surface area contributed by atoms with Gasteiger partial charge in [0.1, 0.15) is 0 Å². The van der Waals surface area contributed by atoms with Crippen LogP contribution in [0.4, 0.5) is 0 Å². The Morgan fingerprint density at radius 2 is 2.27 bits per heavy atom. The van der Waals surface area contributed by atoms with Crippen molar-refractivity contribution in [1.82, 2.24) is 10.4 Å². The van der Waals surface area contributed by atoms with Crippen LogP contribution in [0.1, 0.15) is 16.6 Å². The van der Waals surface area contributed by atoms with E-state index in [4.69, 9.17) is 17.4 Å². The monoisotopic (exact) mass is 239 g/mol. The first-order valence-corrected chi connectivity index (χ1v) is 5.68. The van der Waals surface area contributed by atoms with Crippen molar-refractivity contribution in [2.75, 3.05) is 0 Å². The first kappa shape index (κ1) is 10.6. The highest BCUT2D eigenvalue weighted by molar-refractivity contribution is 7.10. The topological polar surface area (TPSA) is 50.9 Å². The molecule has 3 nitrogen and oxygen atoms in total. The number of pyridine rings is 1. The van der Waals surface area contributed by atoms with E-state index in [1.807, 2.05) is 29.6 Å². The lowest BCUT2D eigenvalue weighted by atomic mass is 10.1. The Hall–Kier alpha value is -0.940. The van der Waals surface area contributed by atoms with Crippen molar-refractivity contribution in [2.24, 2.45) is 5.84 Å². The fraction of sp³-hybridized carbons (Fsp3) is 0.100. The fourth-order valence-electron chi connectivity index (χ4n) is 1.33. The molecule has 15 heavy (non-hydrogen) atoms. The standard InChI is InChI=1S/C10H10ClN3S/c11-7-3-4-8(13-6-7)10(14-12)9-2-1-5-15-9/h1-6,10,14H,12H2. The zero-order valence-electron chi connectivity index (χ0n) is 7.85. The van der Waals surface area contributed by atoms with Gasteiger partial charge in [-0.2, -0.15) is 0 Å². The molecule has 0 aromatic carbocycles. The molecule has 0 saturated heterocycles. The number of hydrogen-bond acceptors (Lipinski definition) is 4. The Labute approximate surface area is 96.9 Å². The van der Waals surface area contributed by atoms with Crippen molar-refractivity contribution < 1.29 is 0 Å². The molecule has 0 radical (unpaired) electrons. The van der Waals surface area contributed by atoms with Crippen LogP contribution in [0.25, 0.3) is 0 Å². The Kier molecular flexibility index (Phi) is 3.33. The third-order valence-corrected chi connectivity index (χ3v) is 3.20. The minimum Gasteiger partial charge on any atom is -0.270 e. The van der Waals surface area contributed by atoms with E-state index in [9.17, 15) is 0 Å². The number of hydrogen-bond donors (Lipinski definition) is 2. The molecule has 0 saturated carbocycles. The Bertz CT molecular complexity index is 413. The smallest absolute Gasteiger partial charge is 0.0973 e. The van der Waals surface area contributed by atoms with Gasteiger partial charge in [-0.05, 0) is 23.6 Å². The quantitative estimate of drug-likeness (QED) is 0.639. The van der Waals surface area contributed by atoms with E-state index in [1.165, 1.54) is 0 Å². The van der Waals surface area contributed by atoms with Crippen LogP contribution in [0, 0.1) is 0 Å². The van der Waals surface area contributed by atoms with Crippen LogP contribution >= 0.6 is 22.9 Å². The first-order valence-electron chi connectivity index (χ1n) is 4.42. The van der Waals surface area contributed by atoms with E-state index in [2.05, 4.69) is 10.4 Å². The summed E-state index contributed by atoms with van der Waals surface area (Å²) in [7, 11) is 0. The number of nitrogens with one attached hydrogen (secondary N) is 1. The SMILES string of the molecule is NNC(c1ccc(Cl)cn1)c1cccs1. The molecule has 0 amide bonds. The molecule has 2 aromatic heterocycles. The van der Waals surface area contributed by atoms with E-state index in [0.717, 1.165) is 10.6 Å². The lowest BCUT2D eigenvalue weighted by Crippen LogP contribution is -2.28. The highest BCUT2D eigenvalue weighted by atomic mass is 35.5. The average Bonchev–Trinajstić information content (AvgIpc) is 2.75. The number of halogens is 1. The van der Waals surface area contributed by atoms with Crippen molar-refractivity contribution in [3.05, 3.63) is 51.4 Å². The highest BCUT2D eigenvalue weighted by Crippen LogP contribution is 2.24. The lowest BCUT2D eigenvalue weighted by molar-refractivity contribution is 0.630. The van der Waals surface area contributed by atoms with Crippen LogP contribution in [-0.4, -0.2) is 4.98 Å². The maximum absolute atomic E-state index is 5.77. The summed E-state index contributed by atoms with van der Waals surface area (Å²) >= 11 is 7.41. The molecule has 2 rings (SSSR count). The minimum atomic E-state index is -0.0673. The molecule has 0 aliphatic heterocycles. The van der Waals surface area contributed by atoms with Crippen molar-refractivity contribution in [1.29, 1.82) is 0 Å². The van der Waals surface area contributed by atoms with E-state index in [-0.39, 0.29) is 6.04 Å². The number of hydrazine groups is 1. The number of aromatic nitrogens is 1. The predicted molar refractivity (Wildman–Crippen MR) is 62.7 cm³/mol. The Morgan fingerprint density at radius 1 is 1.40 bits per heavy atom. The maximum Gasteiger partial charge on any atom is 0.0973 e. The average molecular weight is 240 g/mol. The maximum atomic E-state index is 5.77. The van der Waals surface area contributed by atoms with Gasteiger partial charge in [-0.1, -0.05) is 17.7 Å². The van der Waals surface area contributed by atoms with Crippen molar-refractivity contribution in [2.45, 2.75) is 6.04 Å². The van der Waals surface area contributed by atoms with E-state index in [0.29, 0.717) is 5.02 Å². The summed E-state index contributed by atoms with van der Waals surface area (Å²) in [6.07, 6.45) is 1.62. The molecule has 0 aliphatic carbocycles. The molecule has 0 spiro atoms. The highest BCUT2D eigenvalue weighted by Gasteiger charge is 2.14. The van der Waals surface area contributed by atoms with Crippen LogP contribution < -0.4 is 11.3 Å². The van der Waals surface area contributed by atoms with E-state index >= 15 is 0 Å². The van der Waals surface area contributed by atoms with E-state index < -0.39 is 0 Å². The number of rotatable bonds is 3. The summed E-state index contributed by atoms with van der Waals surface area (Å²) in [4.78, 5) is 5.37. The van der Waals surface area contributed by atoms with Crippen LogP contribution in [0.15, 0.2) is 35.8 Å². The third kappa shape index (κ3) is 2.35. The molecular weight excluding hydrogens is 230 g/mol. The fourth-order valence-corrected chi connectivity index (χ4v) is 2.23.